The summed E-state index contributed by atoms with van der Waals surface area (Å²) in [5.74, 6) is -0.491. The minimum absolute atomic E-state index is 0.253. The van der Waals surface area contributed by atoms with Crippen LogP contribution in [0, 0.1) is 0 Å². The van der Waals surface area contributed by atoms with Gasteiger partial charge >= 0.3 is 5.97 Å². The molecule has 0 saturated heterocycles. The molecule has 0 atom stereocenters. The van der Waals surface area contributed by atoms with Crippen molar-refractivity contribution in [1.29, 1.82) is 0 Å². The van der Waals surface area contributed by atoms with Gasteiger partial charge in [0, 0.05) is 15.6 Å². The largest absolute Gasteiger partial charge is 0.494 e. The average Bonchev–Trinajstić information content (AvgIpc) is 3.25. The van der Waals surface area contributed by atoms with Crippen LogP contribution in [0.1, 0.15) is 32.5 Å². The van der Waals surface area contributed by atoms with Crippen molar-refractivity contribution in [3.8, 4) is 11.5 Å². The lowest BCUT2D eigenvalue weighted by Crippen LogP contribution is -2.34. The van der Waals surface area contributed by atoms with Gasteiger partial charge in [-0.3, -0.25) is 9.59 Å². The number of hydrogen-bond donors (Lipinski definition) is 2. The van der Waals surface area contributed by atoms with Crippen LogP contribution >= 0.6 is 22.9 Å². The van der Waals surface area contributed by atoms with E-state index in [-0.39, 0.29) is 6.54 Å². The fraction of sp³-hybridized carbons (Fsp3) is 0.111. The summed E-state index contributed by atoms with van der Waals surface area (Å²) in [6.07, 6.45) is 1.40. The highest BCUT2D eigenvalue weighted by Gasteiger charge is 2.19. The predicted octanol–water partition coefficient (Wildman–Crippen LogP) is 5.05. The van der Waals surface area contributed by atoms with Crippen molar-refractivity contribution in [2.45, 2.75) is 6.92 Å². The highest BCUT2D eigenvalue weighted by molar-refractivity contribution is 7.21. The quantitative estimate of drug-likeness (QED) is 0.135. The van der Waals surface area contributed by atoms with Gasteiger partial charge in [-0.25, -0.2) is 10.2 Å². The lowest BCUT2D eigenvalue weighted by atomic mass is 10.2. The van der Waals surface area contributed by atoms with Crippen molar-refractivity contribution in [3.05, 3.63) is 93.8 Å². The van der Waals surface area contributed by atoms with Crippen LogP contribution in [-0.2, 0) is 4.79 Å². The Hall–Kier alpha value is -4.21. The summed E-state index contributed by atoms with van der Waals surface area (Å²) >= 11 is 7.63. The summed E-state index contributed by atoms with van der Waals surface area (Å²) in [6.45, 7) is 2.15. The molecule has 3 aromatic carbocycles. The molecule has 8 nitrogen and oxygen atoms in total. The van der Waals surface area contributed by atoms with E-state index < -0.39 is 17.8 Å². The predicted molar refractivity (Wildman–Crippen MR) is 144 cm³/mol. The molecular formula is C27H22ClN3O5S. The number of amides is 2. The molecule has 188 valence electrons. The first kappa shape index (κ1) is 25.9. The molecule has 0 radical (unpaired) electrons. The van der Waals surface area contributed by atoms with Gasteiger partial charge in [-0.15, -0.1) is 11.3 Å². The number of fused-ring (bicyclic) bond motifs is 1. The van der Waals surface area contributed by atoms with Crippen LogP contribution < -0.4 is 20.2 Å². The number of hydrogen-bond acceptors (Lipinski definition) is 7. The first-order valence-electron chi connectivity index (χ1n) is 11.3. The Morgan fingerprint density at radius 3 is 2.54 bits per heavy atom. The Bertz CT molecular complexity index is 1470. The minimum atomic E-state index is -0.558. The monoisotopic (exact) mass is 535 g/mol. The summed E-state index contributed by atoms with van der Waals surface area (Å²) in [5, 5.41) is 7.58. The number of rotatable bonds is 9. The molecule has 0 saturated carbocycles. The summed E-state index contributed by atoms with van der Waals surface area (Å²) in [5.41, 5.74) is 3.34. The maximum atomic E-state index is 12.7. The van der Waals surface area contributed by atoms with Crippen molar-refractivity contribution in [3.63, 3.8) is 0 Å². The number of carbonyl (C=O) groups excluding carboxylic acids is 3. The van der Waals surface area contributed by atoms with Crippen LogP contribution in [0.15, 0.2) is 77.9 Å². The van der Waals surface area contributed by atoms with Crippen molar-refractivity contribution in [2.75, 3.05) is 13.2 Å². The Morgan fingerprint density at radius 2 is 1.78 bits per heavy atom. The normalized spacial score (nSPS) is 10.9. The maximum absolute atomic E-state index is 12.7. The van der Waals surface area contributed by atoms with Gasteiger partial charge in [0.05, 0.1) is 24.4 Å². The number of benzene rings is 3. The van der Waals surface area contributed by atoms with E-state index in [4.69, 9.17) is 21.1 Å². The van der Waals surface area contributed by atoms with Crippen LogP contribution in [0.2, 0.25) is 5.02 Å². The van der Waals surface area contributed by atoms with E-state index in [0.717, 1.165) is 10.1 Å². The topological polar surface area (TPSA) is 106 Å². The zero-order valence-electron chi connectivity index (χ0n) is 19.7. The molecule has 0 aliphatic rings. The second kappa shape index (κ2) is 12.2. The third-order valence-electron chi connectivity index (χ3n) is 5.03. The molecule has 10 heteroatoms. The molecule has 2 amide bonds. The van der Waals surface area contributed by atoms with Gasteiger partial charge in [0.15, 0.2) is 0 Å². The van der Waals surface area contributed by atoms with Crippen molar-refractivity contribution in [2.24, 2.45) is 5.10 Å². The van der Waals surface area contributed by atoms with E-state index in [9.17, 15) is 14.4 Å². The summed E-state index contributed by atoms with van der Waals surface area (Å²) in [7, 11) is 0. The number of nitrogens with zero attached hydrogens (tertiary/aromatic N) is 1. The molecule has 0 spiro atoms. The number of halogens is 1. The molecule has 4 aromatic rings. The fourth-order valence-corrected chi connectivity index (χ4v) is 4.69. The van der Waals surface area contributed by atoms with Crippen LogP contribution in [0.3, 0.4) is 0 Å². The summed E-state index contributed by atoms with van der Waals surface area (Å²) in [4.78, 5) is 37.2. The van der Waals surface area contributed by atoms with E-state index in [1.54, 1.807) is 48.5 Å². The SMILES string of the molecule is CCOc1ccc(C(=O)NCC(=O)N/N=C/c2cccc(OC(=O)c3sc4ccccc4c3Cl)c2)cc1. The molecule has 2 N–H and O–H groups in total. The zero-order chi connectivity index (χ0) is 26.2. The van der Waals surface area contributed by atoms with Gasteiger partial charge in [-0.1, -0.05) is 41.9 Å². The van der Waals surface area contributed by atoms with Crippen molar-refractivity contribution >= 4 is 57.0 Å². The Balaban J connectivity index is 1.28. The first-order chi connectivity index (χ1) is 17.9. The Kier molecular flexibility index (Phi) is 8.50. The number of esters is 1. The molecule has 0 unspecified atom stereocenters. The highest BCUT2D eigenvalue weighted by atomic mass is 35.5. The van der Waals surface area contributed by atoms with Crippen molar-refractivity contribution < 1.29 is 23.9 Å². The van der Waals surface area contributed by atoms with Gasteiger partial charge in [0.2, 0.25) is 0 Å². The van der Waals surface area contributed by atoms with E-state index in [2.05, 4.69) is 15.8 Å². The van der Waals surface area contributed by atoms with Gasteiger partial charge in [0.25, 0.3) is 11.8 Å². The van der Waals surface area contributed by atoms with Gasteiger partial charge in [-0.05, 0) is 55.0 Å². The summed E-state index contributed by atoms with van der Waals surface area (Å²) in [6, 6.07) is 20.7. The molecule has 0 fully saturated rings. The van der Waals surface area contributed by atoms with E-state index in [1.807, 2.05) is 31.2 Å². The number of hydrazone groups is 1. The molecular weight excluding hydrogens is 514 g/mol. The van der Waals surface area contributed by atoms with Crippen molar-refractivity contribution in [1.82, 2.24) is 10.7 Å². The van der Waals surface area contributed by atoms with E-state index >= 15 is 0 Å². The molecule has 0 bridgehead atoms. The molecule has 37 heavy (non-hydrogen) atoms. The second-order valence-electron chi connectivity index (χ2n) is 7.64. The first-order valence-corrected chi connectivity index (χ1v) is 12.5. The highest BCUT2D eigenvalue weighted by Crippen LogP contribution is 2.35. The second-order valence-corrected chi connectivity index (χ2v) is 9.07. The van der Waals surface area contributed by atoms with Crippen LogP contribution in [-0.4, -0.2) is 37.1 Å². The average molecular weight is 536 g/mol. The minimum Gasteiger partial charge on any atom is -0.494 e. The van der Waals surface area contributed by atoms with Crippen LogP contribution in [0.5, 0.6) is 11.5 Å². The lowest BCUT2D eigenvalue weighted by molar-refractivity contribution is -0.120. The van der Waals surface area contributed by atoms with Gasteiger partial charge in [-0.2, -0.15) is 5.10 Å². The third kappa shape index (κ3) is 6.72. The lowest BCUT2D eigenvalue weighted by Gasteiger charge is -2.06. The standard InChI is InChI=1S/C27H22ClN3O5S/c1-2-35-19-12-10-18(11-13-19)26(33)29-16-23(32)31-30-15-17-6-5-7-20(14-17)36-27(34)25-24(28)21-8-3-4-9-22(21)37-25/h3-15H,2,16H2,1H3,(H,29,33)(H,31,32)/b30-15+. The summed E-state index contributed by atoms with van der Waals surface area (Å²) < 4.78 is 11.7. The molecule has 4 rings (SSSR count). The molecule has 1 heterocycles. The van der Waals surface area contributed by atoms with E-state index in [0.29, 0.717) is 39.1 Å². The Morgan fingerprint density at radius 1 is 1.00 bits per heavy atom. The maximum Gasteiger partial charge on any atom is 0.355 e. The molecule has 0 aliphatic heterocycles. The number of carbonyl (C=O) groups is 3. The fourth-order valence-electron chi connectivity index (χ4n) is 3.31. The molecule has 0 aliphatic carbocycles. The van der Waals surface area contributed by atoms with Crippen LogP contribution in [0.25, 0.3) is 10.1 Å². The Labute approximate surface area is 221 Å². The zero-order valence-corrected chi connectivity index (χ0v) is 21.3. The number of thiophene rings is 1. The van der Waals surface area contributed by atoms with E-state index in [1.165, 1.54) is 17.6 Å². The molecule has 1 aromatic heterocycles. The smallest absolute Gasteiger partial charge is 0.355 e. The van der Waals surface area contributed by atoms with Gasteiger partial charge < -0.3 is 14.8 Å². The van der Waals surface area contributed by atoms with Gasteiger partial charge in [0.1, 0.15) is 16.4 Å². The number of nitrogens with one attached hydrogen (secondary N) is 2. The van der Waals surface area contributed by atoms with Crippen LogP contribution in [0.4, 0.5) is 0 Å². The third-order valence-corrected chi connectivity index (χ3v) is 6.68. The number of ether oxygens (including phenoxy) is 2.